The average Bonchev–Trinajstić information content (AvgIpc) is 2.65. The second kappa shape index (κ2) is 5.32. The molecule has 88 valence electrons. The summed E-state index contributed by atoms with van der Waals surface area (Å²) >= 11 is 0. The molecule has 0 bridgehead atoms. The van der Waals surface area contributed by atoms with E-state index in [1.54, 1.807) is 0 Å². The predicted molar refractivity (Wildman–Crippen MR) is 56.6 cm³/mol. The third kappa shape index (κ3) is 3.39. The van der Waals surface area contributed by atoms with Crippen LogP contribution in [0.5, 0.6) is 0 Å². The van der Waals surface area contributed by atoms with E-state index in [9.17, 15) is 9.59 Å². The van der Waals surface area contributed by atoms with Gasteiger partial charge in [-0.05, 0) is 26.2 Å². The fraction of sp³-hybridized carbons (Fsp3) is 0.400. The van der Waals surface area contributed by atoms with E-state index in [0.29, 0.717) is 13.1 Å². The fourth-order valence-electron chi connectivity index (χ4n) is 1.06. The van der Waals surface area contributed by atoms with Crippen molar-refractivity contribution in [1.82, 2.24) is 10.2 Å². The molecule has 0 atom stereocenters. The summed E-state index contributed by atoms with van der Waals surface area (Å²) in [7, 11) is 3.78. The Morgan fingerprint density at radius 3 is 2.50 bits per heavy atom. The van der Waals surface area contributed by atoms with Crippen LogP contribution in [-0.2, 0) is 0 Å². The van der Waals surface area contributed by atoms with Crippen LogP contribution < -0.4 is 5.32 Å². The molecule has 1 aromatic heterocycles. The van der Waals surface area contributed by atoms with Crippen LogP contribution in [0.4, 0.5) is 0 Å². The second-order valence-electron chi connectivity index (χ2n) is 3.53. The summed E-state index contributed by atoms with van der Waals surface area (Å²) in [4.78, 5) is 23.9. The standard InChI is InChI=1S/C10H14N2O4/c1-12(2)6-5-11-9(13)7-3-4-8(16-7)10(14)15/h3-4H,5-6H2,1-2H3,(H,11,13)(H,14,15). The summed E-state index contributed by atoms with van der Waals surface area (Å²) in [5, 5.41) is 11.2. The Kier molecular flexibility index (Phi) is 4.07. The van der Waals surface area contributed by atoms with Crippen LogP contribution in [0.15, 0.2) is 16.5 Å². The third-order valence-corrected chi connectivity index (χ3v) is 1.89. The normalized spacial score (nSPS) is 10.4. The summed E-state index contributed by atoms with van der Waals surface area (Å²) < 4.78 is 4.84. The Balaban J connectivity index is 2.50. The predicted octanol–water partition coefficient (Wildman–Crippen LogP) is 0.269. The quantitative estimate of drug-likeness (QED) is 0.753. The van der Waals surface area contributed by atoms with Crippen LogP contribution in [0.2, 0.25) is 0 Å². The minimum Gasteiger partial charge on any atom is -0.475 e. The molecule has 1 rings (SSSR count). The Labute approximate surface area is 92.8 Å². The molecule has 6 nitrogen and oxygen atoms in total. The number of nitrogens with one attached hydrogen (secondary N) is 1. The molecule has 0 unspecified atom stereocenters. The zero-order chi connectivity index (χ0) is 12.1. The molecular weight excluding hydrogens is 212 g/mol. The molecule has 0 aliphatic heterocycles. The zero-order valence-corrected chi connectivity index (χ0v) is 9.19. The number of amides is 1. The molecule has 0 saturated heterocycles. The van der Waals surface area contributed by atoms with E-state index < -0.39 is 11.9 Å². The largest absolute Gasteiger partial charge is 0.475 e. The lowest BCUT2D eigenvalue weighted by Gasteiger charge is -2.09. The van der Waals surface area contributed by atoms with Crippen LogP contribution in [0.25, 0.3) is 0 Å². The minimum atomic E-state index is -1.19. The van der Waals surface area contributed by atoms with Crippen molar-refractivity contribution in [3.63, 3.8) is 0 Å². The lowest BCUT2D eigenvalue weighted by atomic mass is 10.4. The number of furan rings is 1. The highest BCUT2D eigenvalue weighted by molar-refractivity contribution is 5.93. The van der Waals surface area contributed by atoms with Gasteiger partial charge >= 0.3 is 5.97 Å². The van der Waals surface area contributed by atoms with Gasteiger partial charge in [-0.25, -0.2) is 4.79 Å². The lowest BCUT2D eigenvalue weighted by molar-refractivity contribution is 0.0659. The van der Waals surface area contributed by atoms with Crippen molar-refractivity contribution in [1.29, 1.82) is 0 Å². The van der Waals surface area contributed by atoms with Crippen molar-refractivity contribution in [2.45, 2.75) is 0 Å². The van der Waals surface area contributed by atoms with Gasteiger partial charge in [-0.2, -0.15) is 0 Å². The van der Waals surface area contributed by atoms with Crippen LogP contribution in [-0.4, -0.2) is 49.1 Å². The SMILES string of the molecule is CN(C)CCNC(=O)c1ccc(C(=O)O)o1. The summed E-state index contributed by atoms with van der Waals surface area (Å²) in [6.45, 7) is 1.19. The number of aromatic carboxylic acids is 1. The highest BCUT2D eigenvalue weighted by Crippen LogP contribution is 2.07. The number of nitrogens with zero attached hydrogens (tertiary/aromatic N) is 1. The summed E-state index contributed by atoms with van der Waals surface area (Å²) in [5.41, 5.74) is 0. The van der Waals surface area contributed by atoms with Crippen LogP contribution >= 0.6 is 0 Å². The number of hydrogen-bond donors (Lipinski definition) is 2. The maximum Gasteiger partial charge on any atom is 0.371 e. The zero-order valence-electron chi connectivity index (χ0n) is 9.19. The Morgan fingerprint density at radius 2 is 2.00 bits per heavy atom. The van der Waals surface area contributed by atoms with Crippen molar-refractivity contribution in [2.24, 2.45) is 0 Å². The molecule has 1 heterocycles. The van der Waals surface area contributed by atoms with E-state index in [1.165, 1.54) is 12.1 Å². The second-order valence-corrected chi connectivity index (χ2v) is 3.53. The van der Waals surface area contributed by atoms with Gasteiger partial charge in [0.1, 0.15) is 0 Å². The van der Waals surface area contributed by atoms with E-state index in [0.717, 1.165) is 0 Å². The van der Waals surface area contributed by atoms with Gasteiger partial charge < -0.3 is 19.7 Å². The maximum atomic E-state index is 11.4. The first-order valence-electron chi connectivity index (χ1n) is 4.76. The molecule has 0 saturated carbocycles. The molecule has 6 heteroatoms. The molecular formula is C10H14N2O4. The molecule has 0 spiro atoms. The summed E-state index contributed by atoms with van der Waals surface area (Å²) in [6.07, 6.45) is 0. The highest BCUT2D eigenvalue weighted by atomic mass is 16.4. The van der Waals surface area contributed by atoms with Crippen LogP contribution in [0.3, 0.4) is 0 Å². The van der Waals surface area contributed by atoms with E-state index in [2.05, 4.69) is 5.32 Å². The highest BCUT2D eigenvalue weighted by Gasteiger charge is 2.14. The van der Waals surface area contributed by atoms with Gasteiger partial charge in [0.05, 0.1) is 0 Å². The molecule has 1 aromatic rings. The number of carboxylic acids is 1. The molecule has 0 radical (unpaired) electrons. The van der Waals surface area contributed by atoms with E-state index >= 15 is 0 Å². The number of hydrogen-bond acceptors (Lipinski definition) is 4. The summed E-state index contributed by atoms with van der Waals surface area (Å²) in [6, 6.07) is 2.59. The Hall–Kier alpha value is -1.82. The van der Waals surface area contributed by atoms with Gasteiger partial charge in [-0.15, -0.1) is 0 Å². The number of rotatable bonds is 5. The van der Waals surface area contributed by atoms with Crippen molar-refractivity contribution in [3.8, 4) is 0 Å². The molecule has 1 amide bonds. The van der Waals surface area contributed by atoms with Gasteiger partial charge in [0.25, 0.3) is 5.91 Å². The van der Waals surface area contributed by atoms with Crippen LogP contribution in [0, 0.1) is 0 Å². The Bertz CT molecular complexity index is 384. The minimum absolute atomic E-state index is 0.0103. The van der Waals surface area contributed by atoms with Gasteiger partial charge in [0.15, 0.2) is 5.76 Å². The molecule has 0 fully saturated rings. The monoisotopic (exact) mass is 226 g/mol. The van der Waals surface area contributed by atoms with Crippen molar-refractivity contribution < 1.29 is 19.1 Å². The van der Waals surface area contributed by atoms with Crippen LogP contribution in [0.1, 0.15) is 21.1 Å². The molecule has 0 aliphatic rings. The van der Waals surface area contributed by atoms with Gasteiger partial charge in [-0.3, -0.25) is 4.79 Å². The van der Waals surface area contributed by atoms with Crippen molar-refractivity contribution in [2.75, 3.05) is 27.2 Å². The summed E-state index contributed by atoms with van der Waals surface area (Å²) in [5.74, 6) is -1.82. The first-order valence-corrected chi connectivity index (χ1v) is 4.76. The number of carboxylic acid groups (broad SMARTS) is 1. The van der Waals surface area contributed by atoms with Crippen molar-refractivity contribution >= 4 is 11.9 Å². The molecule has 16 heavy (non-hydrogen) atoms. The molecule has 2 N–H and O–H groups in total. The third-order valence-electron chi connectivity index (χ3n) is 1.89. The Morgan fingerprint density at radius 1 is 1.38 bits per heavy atom. The fourth-order valence-corrected chi connectivity index (χ4v) is 1.06. The average molecular weight is 226 g/mol. The van der Waals surface area contributed by atoms with Gasteiger partial charge in [0, 0.05) is 13.1 Å². The molecule has 0 aliphatic carbocycles. The molecule has 0 aromatic carbocycles. The first-order chi connectivity index (χ1) is 7.50. The number of carbonyl (C=O) groups is 2. The van der Waals surface area contributed by atoms with E-state index in [1.807, 2.05) is 19.0 Å². The van der Waals surface area contributed by atoms with Crippen molar-refractivity contribution in [3.05, 3.63) is 23.7 Å². The topological polar surface area (TPSA) is 82.8 Å². The number of likely N-dealkylation sites (N-methyl/N-ethyl adjacent to an activating group) is 1. The van der Waals surface area contributed by atoms with Gasteiger partial charge in [-0.1, -0.05) is 0 Å². The first kappa shape index (κ1) is 12.3. The maximum absolute atomic E-state index is 11.4. The van der Waals surface area contributed by atoms with E-state index in [4.69, 9.17) is 9.52 Å². The lowest BCUT2D eigenvalue weighted by Crippen LogP contribution is -2.31. The number of carbonyl (C=O) groups excluding carboxylic acids is 1. The van der Waals surface area contributed by atoms with Gasteiger partial charge in [0.2, 0.25) is 5.76 Å². The smallest absolute Gasteiger partial charge is 0.371 e. The van der Waals surface area contributed by atoms with E-state index in [-0.39, 0.29) is 11.5 Å².